The summed E-state index contributed by atoms with van der Waals surface area (Å²) in [6.07, 6.45) is 0. The van der Waals surface area contributed by atoms with Gasteiger partial charge < -0.3 is 14.9 Å². The molecule has 0 saturated carbocycles. The molecule has 1 aliphatic heterocycles. The smallest absolute Gasteiger partial charge is 0.346 e. The zero-order chi connectivity index (χ0) is 15.7. The molecule has 1 aromatic heterocycles. The first-order valence-electron chi connectivity index (χ1n) is 7.43. The lowest BCUT2D eigenvalue weighted by molar-refractivity contribution is 0.0701. The average Bonchev–Trinajstić information content (AvgIpc) is 2.90. The molecule has 1 N–H and O–H groups in total. The maximum Gasteiger partial charge on any atom is 0.346 e. The molecule has 1 saturated heterocycles. The third-order valence-electron chi connectivity index (χ3n) is 4.13. The van der Waals surface area contributed by atoms with Crippen molar-refractivity contribution in [1.29, 1.82) is 0 Å². The van der Waals surface area contributed by atoms with Crippen LogP contribution in [0.15, 0.2) is 30.3 Å². The van der Waals surface area contributed by atoms with Crippen molar-refractivity contribution >= 4 is 23.0 Å². The molecule has 1 aromatic carbocycles. The number of carboxylic acid groups (broad SMARTS) is 1. The normalized spacial score (nSPS) is 16.0. The standard InChI is InChI=1S/C17H20N2O2S/c1-12-11-15(22-16(12)17(20)21)13-5-3-4-6-14(13)19-9-7-18(2)8-10-19/h3-6,11H,7-10H2,1-2H3,(H,20,21). The molecule has 0 unspecified atom stereocenters. The van der Waals surface area contributed by atoms with Crippen molar-refractivity contribution < 1.29 is 9.90 Å². The minimum absolute atomic E-state index is 0.434. The van der Waals surface area contributed by atoms with Gasteiger partial charge >= 0.3 is 5.97 Å². The molecule has 22 heavy (non-hydrogen) atoms. The van der Waals surface area contributed by atoms with Gasteiger partial charge in [0.1, 0.15) is 4.88 Å². The van der Waals surface area contributed by atoms with E-state index < -0.39 is 5.97 Å². The topological polar surface area (TPSA) is 43.8 Å². The number of rotatable bonds is 3. The summed E-state index contributed by atoms with van der Waals surface area (Å²) in [4.78, 5) is 17.5. The number of carbonyl (C=O) groups is 1. The Morgan fingerprint density at radius 1 is 1.18 bits per heavy atom. The summed E-state index contributed by atoms with van der Waals surface area (Å²) in [6.45, 7) is 5.98. The number of carboxylic acids is 1. The Kier molecular flexibility index (Phi) is 4.18. The van der Waals surface area contributed by atoms with Crippen molar-refractivity contribution in [2.45, 2.75) is 6.92 Å². The number of aryl methyl sites for hydroxylation is 1. The van der Waals surface area contributed by atoms with E-state index in [2.05, 4.69) is 35.0 Å². The number of piperazine rings is 1. The van der Waals surface area contributed by atoms with Crippen LogP contribution in [0.1, 0.15) is 15.2 Å². The molecule has 2 aromatic rings. The number of hydrogen-bond acceptors (Lipinski definition) is 4. The van der Waals surface area contributed by atoms with Crippen molar-refractivity contribution in [3.63, 3.8) is 0 Å². The third kappa shape index (κ3) is 2.87. The highest BCUT2D eigenvalue weighted by Gasteiger charge is 2.20. The van der Waals surface area contributed by atoms with Crippen LogP contribution in [0.3, 0.4) is 0 Å². The largest absolute Gasteiger partial charge is 0.477 e. The van der Waals surface area contributed by atoms with Gasteiger partial charge in [0.25, 0.3) is 0 Å². The molecule has 0 aliphatic carbocycles. The number of thiophene rings is 1. The summed E-state index contributed by atoms with van der Waals surface area (Å²) in [5.41, 5.74) is 3.17. The minimum atomic E-state index is -0.842. The van der Waals surface area contributed by atoms with Gasteiger partial charge in [0.2, 0.25) is 0 Å². The van der Waals surface area contributed by atoms with E-state index in [1.165, 1.54) is 17.0 Å². The Labute approximate surface area is 134 Å². The van der Waals surface area contributed by atoms with E-state index in [9.17, 15) is 9.90 Å². The van der Waals surface area contributed by atoms with Crippen molar-refractivity contribution in [2.24, 2.45) is 0 Å². The van der Waals surface area contributed by atoms with Gasteiger partial charge in [0, 0.05) is 42.3 Å². The van der Waals surface area contributed by atoms with Crippen LogP contribution >= 0.6 is 11.3 Å². The SMILES string of the molecule is Cc1cc(-c2ccccc2N2CCN(C)CC2)sc1C(=O)O. The van der Waals surface area contributed by atoms with Gasteiger partial charge in [-0.05, 0) is 31.7 Å². The van der Waals surface area contributed by atoms with E-state index >= 15 is 0 Å². The Hall–Kier alpha value is -1.85. The summed E-state index contributed by atoms with van der Waals surface area (Å²) < 4.78 is 0. The molecule has 5 heteroatoms. The number of aromatic carboxylic acids is 1. The maximum atomic E-state index is 11.3. The highest BCUT2D eigenvalue weighted by Crippen LogP contribution is 2.37. The molecule has 0 spiro atoms. The number of nitrogens with zero attached hydrogens (tertiary/aromatic N) is 2. The van der Waals surface area contributed by atoms with Gasteiger partial charge in [-0.15, -0.1) is 11.3 Å². The molecular formula is C17H20N2O2S. The molecule has 2 heterocycles. The molecule has 0 radical (unpaired) electrons. The second kappa shape index (κ2) is 6.10. The fraction of sp³-hybridized carbons (Fsp3) is 0.353. The number of para-hydroxylation sites is 1. The fourth-order valence-corrected chi connectivity index (χ4v) is 3.88. The second-order valence-electron chi connectivity index (χ2n) is 5.74. The predicted octanol–water partition coefficient (Wildman–Crippen LogP) is 3.17. The maximum absolute atomic E-state index is 11.3. The summed E-state index contributed by atoms with van der Waals surface area (Å²) in [5, 5.41) is 9.27. The summed E-state index contributed by atoms with van der Waals surface area (Å²) in [6, 6.07) is 10.3. The predicted molar refractivity (Wildman–Crippen MR) is 91.2 cm³/mol. The van der Waals surface area contributed by atoms with Crippen LogP contribution in [-0.2, 0) is 0 Å². The second-order valence-corrected chi connectivity index (χ2v) is 6.79. The quantitative estimate of drug-likeness (QED) is 0.944. The lowest BCUT2D eigenvalue weighted by Crippen LogP contribution is -2.44. The number of benzene rings is 1. The highest BCUT2D eigenvalue weighted by molar-refractivity contribution is 7.17. The van der Waals surface area contributed by atoms with Crippen LogP contribution in [0.5, 0.6) is 0 Å². The van der Waals surface area contributed by atoms with Crippen LogP contribution in [0.4, 0.5) is 5.69 Å². The van der Waals surface area contributed by atoms with Gasteiger partial charge in [0.15, 0.2) is 0 Å². The first-order chi connectivity index (χ1) is 10.6. The zero-order valence-electron chi connectivity index (χ0n) is 12.9. The highest BCUT2D eigenvalue weighted by atomic mass is 32.1. The lowest BCUT2D eigenvalue weighted by Gasteiger charge is -2.35. The van der Waals surface area contributed by atoms with Crippen molar-refractivity contribution in [3.05, 3.63) is 40.8 Å². The van der Waals surface area contributed by atoms with E-state index in [0.717, 1.165) is 42.2 Å². The van der Waals surface area contributed by atoms with Crippen molar-refractivity contribution in [3.8, 4) is 10.4 Å². The number of hydrogen-bond donors (Lipinski definition) is 1. The first kappa shape index (κ1) is 15.1. The van der Waals surface area contributed by atoms with Crippen LogP contribution in [0.25, 0.3) is 10.4 Å². The number of anilines is 1. The monoisotopic (exact) mass is 316 g/mol. The molecule has 116 valence electrons. The van der Waals surface area contributed by atoms with Gasteiger partial charge in [-0.1, -0.05) is 18.2 Å². The molecule has 1 aliphatic rings. The van der Waals surface area contributed by atoms with Gasteiger partial charge in [0.05, 0.1) is 0 Å². The molecule has 3 rings (SSSR count). The Morgan fingerprint density at radius 3 is 2.50 bits per heavy atom. The Balaban J connectivity index is 1.98. The molecule has 0 atom stereocenters. The average molecular weight is 316 g/mol. The molecular weight excluding hydrogens is 296 g/mol. The first-order valence-corrected chi connectivity index (χ1v) is 8.24. The van der Waals surface area contributed by atoms with Crippen molar-refractivity contribution in [2.75, 3.05) is 38.1 Å². The molecule has 4 nitrogen and oxygen atoms in total. The lowest BCUT2D eigenvalue weighted by atomic mass is 10.1. The molecule has 1 fully saturated rings. The van der Waals surface area contributed by atoms with E-state index in [4.69, 9.17) is 0 Å². The van der Waals surface area contributed by atoms with Crippen molar-refractivity contribution in [1.82, 2.24) is 4.90 Å². The third-order valence-corrected chi connectivity index (χ3v) is 5.38. The van der Waals surface area contributed by atoms with Gasteiger partial charge in [-0.2, -0.15) is 0 Å². The minimum Gasteiger partial charge on any atom is -0.477 e. The summed E-state index contributed by atoms with van der Waals surface area (Å²) in [7, 11) is 2.14. The van der Waals surface area contributed by atoms with E-state index in [1.807, 2.05) is 19.1 Å². The zero-order valence-corrected chi connectivity index (χ0v) is 13.7. The van der Waals surface area contributed by atoms with Crippen LogP contribution in [-0.4, -0.2) is 49.2 Å². The number of likely N-dealkylation sites (N-methyl/N-ethyl adjacent to an activating group) is 1. The van der Waals surface area contributed by atoms with E-state index in [0.29, 0.717) is 4.88 Å². The van der Waals surface area contributed by atoms with E-state index in [1.54, 1.807) is 0 Å². The molecule has 0 amide bonds. The van der Waals surface area contributed by atoms with Crippen LogP contribution in [0.2, 0.25) is 0 Å². The Bertz CT molecular complexity index is 688. The summed E-state index contributed by atoms with van der Waals surface area (Å²) in [5.74, 6) is -0.842. The summed E-state index contributed by atoms with van der Waals surface area (Å²) >= 11 is 1.36. The Morgan fingerprint density at radius 2 is 1.86 bits per heavy atom. The van der Waals surface area contributed by atoms with Crippen LogP contribution < -0.4 is 4.90 Å². The van der Waals surface area contributed by atoms with E-state index in [-0.39, 0.29) is 0 Å². The van der Waals surface area contributed by atoms with Gasteiger partial charge in [-0.3, -0.25) is 0 Å². The molecule has 0 bridgehead atoms. The fourth-order valence-electron chi connectivity index (χ4n) is 2.83. The van der Waals surface area contributed by atoms with Crippen LogP contribution in [0, 0.1) is 6.92 Å². The van der Waals surface area contributed by atoms with Gasteiger partial charge in [-0.25, -0.2) is 4.79 Å².